The van der Waals surface area contributed by atoms with E-state index < -0.39 is 0 Å². The van der Waals surface area contributed by atoms with E-state index in [1.807, 2.05) is 36.4 Å². The third-order valence-electron chi connectivity index (χ3n) is 5.09. The van der Waals surface area contributed by atoms with Crippen LogP contribution in [0.5, 0.6) is 5.75 Å². The summed E-state index contributed by atoms with van der Waals surface area (Å²) in [5.41, 5.74) is 1.90. The standard InChI is InChI=1S/C24H30N4O3/c29-23(26-15-16-27-24(30)28-21-6-2-1-3-7-21)13-10-19-8-11-22(12-9-19)31-18-20-5-4-14-25-17-20/h4-5,8-14,17,21H,1-3,6-7,15-16,18H2,(H,26,29)(H2,27,28,30). The summed E-state index contributed by atoms with van der Waals surface area (Å²) in [7, 11) is 0. The predicted octanol–water partition coefficient (Wildman–Crippen LogP) is 3.42. The van der Waals surface area contributed by atoms with Gasteiger partial charge in [0.1, 0.15) is 12.4 Å². The van der Waals surface area contributed by atoms with Crippen LogP contribution < -0.4 is 20.7 Å². The van der Waals surface area contributed by atoms with Crippen LogP contribution in [-0.4, -0.2) is 36.1 Å². The Kier molecular flexibility index (Phi) is 8.91. The Hall–Kier alpha value is -3.35. The zero-order valence-corrected chi connectivity index (χ0v) is 17.7. The summed E-state index contributed by atoms with van der Waals surface area (Å²) in [6.45, 7) is 1.22. The van der Waals surface area contributed by atoms with Crippen LogP contribution in [0.15, 0.2) is 54.9 Å². The molecular weight excluding hydrogens is 392 g/mol. The number of hydrogen-bond donors (Lipinski definition) is 3. The molecule has 31 heavy (non-hydrogen) atoms. The number of urea groups is 1. The van der Waals surface area contributed by atoms with Gasteiger partial charge in [0, 0.05) is 43.2 Å². The lowest BCUT2D eigenvalue weighted by Gasteiger charge is -2.22. The molecule has 7 nitrogen and oxygen atoms in total. The van der Waals surface area contributed by atoms with E-state index in [0.717, 1.165) is 29.7 Å². The van der Waals surface area contributed by atoms with Crippen LogP contribution in [0.25, 0.3) is 6.08 Å². The van der Waals surface area contributed by atoms with Crippen molar-refractivity contribution in [2.75, 3.05) is 13.1 Å². The SMILES string of the molecule is O=C(C=Cc1ccc(OCc2cccnc2)cc1)NCCNC(=O)NC1CCCCC1. The molecule has 0 saturated heterocycles. The monoisotopic (exact) mass is 422 g/mol. The Balaban J connectivity index is 1.30. The van der Waals surface area contributed by atoms with E-state index in [2.05, 4.69) is 20.9 Å². The first-order valence-electron chi connectivity index (χ1n) is 10.8. The van der Waals surface area contributed by atoms with Crippen LogP contribution in [0.4, 0.5) is 4.79 Å². The van der Waals surface area contributed by atoms with Crippen molar-refractivity contribution in [3.8, 4) is 5.75 Å². The van der Waals surface area contributed by atoms with Crippen molar-refractivity contribution in [2.45, 2.75) is 44.8 Å². The predicted molar refractivity (Wildman–Crippen MR) is 120 cm³/mol. The number of rotatable bonds is 9. The van der Waals surface area contributed by atoms with Crippen LogP contribution in [0, 0.1) is 0 Å². The highest BCUT2D eigenvalue weighted by Gasteiger charge is 2.14. The Labute approximate surface area is 183 Å². The Morgan fingerprint density at radius 1 is 1.03 bits per heavy atom. The molecule has 7 heteroatoms. The molecule has 1 aliphatic carbocycles. The first kappa shape index (κ1) is 22.3. The largest absolute Gasteiger partial charge is 0.489 e. The summed E-state index contributed by atoms with van der Waals surface area (Å²) >= 11 is 0. The number of pyridine rings is 1. The number of nitrogens with one attached hydrogen (secondary N) is 3. The van der Waals surface area contributed by atoms with Crippen LogP contribution in [0.2, 0.25) is 0 Å². The van der Waals surface area contributed by atoms with E-state index >= 15 is 0 Å². The van der Waals surface area contributed by atoms with E-state index in [1.165, 1.54) is 25.3 Å². The van der Waals surface area contributed by atoms with Crippen LogP contribution >= 0.6 is 0 Å². The minimum absolute atomic E-state index is 0.164. The molecule has 2 aromatic rings. The highest BCUT2D eigenvalue weighted by molar-refractivity contribution is 5.91. The number of ether oxygens (including phenoxy) is 1. The molecule has 3 amide bonds. The van der Waals surface area contributed by atoms with Gasteiger partial charge in [0.05, 0.1) is 0 Å². The lowest BCUT2D eigenvalue weighted by molar-refractivity contribution is -0.116. The third-order valence-corrected chi connectivity index (χ3v) is 5.09. The highest BCUT2D eigenvalue weighted by atomic mass is 16.5. The summed E-state index contributed by atoms with van der Waals surface area (Å²) in [5.74, 6) is 0.550. The topological polar surface area (TPSA) is 92.3 Å². The van der Waals surface area contributed by atoms with Crippen molar-refractivity contribution < 1.29 is 14.3 Å². The molecule has 0 radical (unpaired) electrons. The summed E-state index contributed by atoms with van der Waals surface area (Å²) in [4.78, 5) is 27.9. The zero-order chi connectivity index (χ0) is 21.7. The maximum absolute atomic E-state index is 11.9. The average molecular weight is 423 g/mol. The maximum Gasteiger partial charge on any atom is 0.315 e. The fourth-order valence-corrected chi connectivity index (χ4v) is 3.40. The Morgan fingerprint density at radius 2 is 1.81 bits per heavy atom. The van der Waals surface area contributed by atoms with Crippen molar-refractivity contribution in [3.63, 3.8) is 0 Å². The average Bonchev–Trinajstić information content (AvgIpc) is 2.81. The van der Waals surface area contributed by atoms with Crippen molar-refractivity contribution in [1.82, 2.24) is 20.9 Å². The molecule has 1 aliphatic rings. The van der Waals surface area contributed by atoms with Gasteiger partial charge < -0.3 is 20.7 Å². The first-order chi connectivity index (χ1) is 15.2. The van der Waals surface area contributed by atoms with Gasteiger partial charge in [-0.1, -0.05) is 37.5 Å². The van der Waals surface area contributed by atoms with E-state index in [0.29, 0.717) is 19.7 Å². The van der Waals surface area contributed by atoms with Crippen molar-refractivity contribution in [2.24, 2.45) is 0 Å². The smallest absolute Gasteiger partial charge is 0.315 e. The van der Waals surface area contributed by atoms with Gasteiger partial charge in [0.25, 0.3) is 0 Å². The third kappa shape index (κ3) is 8.50. The maximum atomic E-state index is 11.9. The fraction of sp³-hybridized carbons (Fsp3) is 0.375. The fourth-order valence-electron chi connectivity index (χ4n) is 3.40. The normalized spacial score (nSPS) is 14.2. The molecule has 1 heterocycles. The van der Waals surface area contributed by atoms with E-state index in [4.69, 9.17) is 4.74 Å². The quantitative estimate of drug-likeness (QED) is 0.426. The molecule has 0 bridgehead atoms. The van der Waals surface area contributed by atoms with Crippen molar-refractivity contribution in [3.05, 3.63) is 66.0 Å². The van der Waals surface area contributed by atoms with Gasteiger partial charge in [0.15, 0.2) is 0 Å². The number of benzene rings is 1. The number of carbonyl (C=O) groups is 2. The van der Waals surface area contributed by atoms with Gasteiger partial charge >= 0.3 is 6.03 Å². The number of aromatic nitrogens is 1. The van der Waals surface area contributed by atoms with Gasteiger partial charge in [-0.15, -0.1) is 0 Å². The molecule has 3 N–H and O–H groups in total. The van der Waals surface area contributed by atoms with E-state index in [1.54, 1.807) is 18.5 Å². The van der Waals surface area contributed by atoms with Crippen molar-refractivity contribution in [1.29, 1.82) is 0 Å². The Bertz CT molecular complexity index is 847. The minimum atomic E-state index is -0.202. The van der Waals surface area contributed by atoms with Gasteiger partial charge in [-0.25, -0.2) is 4.79 Å². The molecule has 1 fully saturated rings. The number of hydrogen-bond acceptors (Lipinski definition) is 4. The Morgan fingerprint density at radius 3 is 2.55 bits per heavy atom. The highest BCUT2D eigenvalue weighted by Crippen LogP contribution is 2.17. The first-order valence-corrected chi connectivity index (χ1v) is 10.8. The molecule has 164 valence electrons. The van der Waals surface area contributed by atoms with E-state index in [-0.39, 0.29) is 18.0 Å². The van der Waals surface area contributed by atoms with Gasteiger partial charge in [-0.2, -0.15) is 0 Å². The summed E-state index contributed by atoms with van der Waals surface area (Å²) in [5, 5.41) is 8.53. The van der Waals surface area contributed by atoms with Gasteiger partial charge in [0.2, 0.25) is 5.91 Å². The molecule has 1 aromatic heterocycles. The van der Waals surface area contributed by atoms with Gasteiger partial charge in [-0.3, -0.25) is 9.78 Å². The summed E-state index contributed by atoms with van der Waals surface area (Å²) < 4.78 is 5.72. The summed E-state index contributed by atoms with van der Waals surface area (Å²) in [6, 6.07) is 11.5. The molecule has 0 spiro atoms. The second-order valence-electron chi connectivity index (χ2n) is 7.58. The molecule has 1 saturated carbocycles. The molecule has 1 aromatic carbocycles. The van der Waals surface area contributed by atoms with Crippen LogP contribution in [0.3, 0.4) is 0 Å². The summed E-state index contributed by atoms with van der Waals surface area (Å²) in [6.07, 6.45) is 12.4. The van der Waals surface area contributed by atoms with Crippen molar-refractivity contribution >= 4 is 18.0 Å². The second kappa shape index (κ2) is 12.4. The molecule has 3 rings (SSSR count). The zero-order valence-electron chi connectivity index (χ0n) is 17.7. The lowest BCUT2D eigenvalue weighted by Crippen LogP contribution is -2.45. The molecule has 0 aliphatic heterocycles. The minimum Gasteiger partial charge on any atom is -0.489 e. The van der Waals surface area contributed by atoms with Crippen LogP contribution in [-0.2, 0) is 11.4 Å². The molecular formula is C24H30N4O3. The number of carbonyl (C=O) groups excluding carboxylic acids is 2. The number of nitrogens with zero attached hydrogens (tertiary/aromatic N) is 1. The van der Waals surface area contributed by atoms with E-state index in [9.17, 15) is 9.59 Å². The number of amides is 3. The molecule has 0 atom stereocenters. The molecule has 0 unspecified atom stereocenters. The van der Waals surface area contributed by atoms with Gasteiger partial charge in [-0.05, 0) is 42.7 Å². The second-order valence-corrected chi connectivity index (χ2v) is 7.58. The lowest BCUT2D eigenvalue weighted by atomic mass is 9.96. The van der Waals surface area contributed by atoms with Crippen LogP contribution in [0.1, 0.15) is 43.2 Å².